The summed E-state index contributed by atoms with van der Waals surface area (Å²) in [5, 5.41) is 6.76. The molecule has 5 nitrogen and oxygen atoms in total. The van der Waals surface area contributed by atoms with Gasteiger partial charge in [0.1, 0.15) is 5.82 Å². The second kappa shape index (κ2) is 8.95. The summed E-state index contributed by atoms with van der Waals surface area (Å²) < 4.78 is 23.8. The van der Waals surface area contributed by atoms with Crippen LogP contribution in [-0.2, 0) is 11.8 Å². The average molecular weight is 385 g/mol. The summed E-state index contributed by atoms with van der Waals surface area (Å²) >= 11 is 0. The Morgan fingerprint density at radius 1 is 1.04 bits per heavy atom. The fraction of sp³-hybridized carbons (Fsp3) is 0.409. The predicted molar refractivity (Wildman–Crippen MR) is 110 cm³/mol. The second-order valence-electron chi connectivity index (χ2n) is 7.08. The lowest BCUT2D eigenvalue weighted by Gasteiger charge is -2.19. The van der Waals surface area contributed by atoms with Crippen LogP contribution in [0.15, 0.2) is 47.5 Å². The normalized spacial score (nSPS) is 15.1. The van der Waals surface area contributed by atoms with Crippen LogP contribution in [0.2, 0.25) is 0 Å². The monoisotopic (exact) mass is 385 g/mol. The van der Waals surface area contributed by atoms with Gasteiger partial charge in [-0.1, -0.05) is 18.2 Å². The lowest BCUT2D eigenvalue weighted by molar-refractivity contribution is 0.354. The molecule has 1 aliphatic carbocycles. The zero-order valence-corrected chi connectivity index (χ0v) is 16.7. The van der Waals surface area contributed by atoms with E-state index in [9.17, 15) is 4.39 Å². The van der Waals surface area contributed by atoms with Crippen LogP contribution in [-0.4, -0.2) is 40.3 Å². The van der Waals surface area contributed by atoms with Crippen molar-refractivity contribution in [2.75, 3.05) is 34.4 Å². The van der Waals surface area contributed by atoms with Gasteiger partial charge in [-0.05, 0) is 54.7 Å². The van der Waals surface area contributed by atoms with E-state index in [0.29, 0.717) is 0 Å². The minimum atomic E-state index is -0.194. The number of hydrogen-bond donors (Lipinski definition) is 2. The molecule has 0 amide bonds. The molecule has 0 saturated heterocycles. The Labute approximate surface area is 166 Å². The van der Waals surface area contributed by atoms with Crippen molar-refractivity contribution in [2.45, 2.75) is 24.7 Å². The zero-order chi connectivity index (χ0) is 20.0. The molecule has 1 aliphatic rings. The first-order chi connectivity index (χ1) is 13.6. The topological polar surface area (TPSA) is 54.9 Å². The predicted octanol–water partition coefficient (Wildman–Crippen LogP) is 3.28. The molecule has 150 valence electrons. The van der Waals surface area contributed by atoms with Crippen molar-refractivity contribution in [1.29, 1.82) is 0 Å². The van der Waals surface area contributed by atoms with Crippen molar-refractivity contribution in [2.24, 2.45) is 4.99 Å². The van der Waals surface area contributed by atoms with Crippen LogP contribution < -0.4 is 20.1 Å². The van der Waals surface area contributed by atoms with E-state index in [-0.39, 0.29) is 11.2 Å². The quantitative estimate of drug-likeness (QED) is 0.541. The van der Waals surface area contributed by atoms with Gasteiger partial charge < -0.3 is 20.1 Å². The van der Waals surface area contributed by atoms with E-state index in [4.69, 9.17) is 9.47 Å². The highest BCUT2D eigenvalue weighted by atomic mass is 19.1. The van der Waals surface area contributed by atoms with Gasteiger partial charge in [-0.3, -0.25) is 4.99 Å². The van der Waals surface area contributed by atoms with Gasteiger partial charge in [0.05, 0.1) is 14.2 Å². The van der Waals surface area contributed by atoms with E-state index in [1.807, 2.05) is 30.3 Å². The molecule has 0 unspecified atom stereocenters. The molecule has 0 heterocycles. The molecule has 2 N–H and O–H groups in total. The van der Waals surface area contributed by atoms with Crippen LogP contribution in [0.4, 0.5) is 4.39 Å². The fourth-order valence-electron chi connectivity index (χ4n) is 3.36. The summed E-state index contributed by atoms with van der Waals surface area (Å²) in [6.07, 6.45) is 3.05. The van der Waals surface area contributed by atoms with Gasteiger partial charge in [0, 0.05) is 25.6 Å². The number of guanidine groups is 1. The largest absolute Gasteiger partial charge is 0.493 e. The number of hydrogen-bond acceptors (Lipinski definition) is 3. The number of ether oxygens (including phenoxy) is 2. The number of nitrogens with one attached hydrogen (secondary N) is 2. The number of aliphatic imine (C=N–C) groups is 1. The summed E-state index contributed by atoms with van der Waals surface area (Å²) in [5.41, 5.74) is 2.43. The number of methoxy groups -OCH3 is 2. The highest BCUT2D eigenvalue weighted by Crippen LogP contribution is 2.47. The number of rotatable bonds is 8. The Bertz CT molecular complexity index is 817. The number of benzene rings is 2. The van der Waals surface area contributed by atoms with Crippen LogP contribution in [0.1, 0.15) is 24.0 Å². The maximum Gasteiger partial charge on any atom is 0.191 e. The standard InChI is InChI=1S/C22H28FN3O2/c1-24-21(25-13-10-16-4-9-19(27-2)20(14-16)28-3)26-15-22(11-12-22)17-5-7-18(23)8-6-17/h4-9,14H,10-13,15H2,1-3H3,(H2,24,25,26). The Morgan fingerprint density at radius 2 is 1.75 bits per heavy atom. The summed E-state index contributed by atoms with van der Waals surface area (Å²) in [4.78, 5) is 4.31. The van der Waals surface area contributed by atoms with E-state index < -0.39 is 0 Å². The van der Waals surface area contributed by atoms with E-state index in [2.05, 4.69) is 15.6 Å². The molecular weight excluding hydrogens is 357 g/mol. The summed E-state index contributed by atoms with van der Waals surface area (Å²) in [7, 11) is 5.04. The Kier molecular flexibility index (Phi) is 6.39. The molecule has 6 heteroatoms. The number of nitrogens with zero attached hydrogens (tertiary/aromatic N) is 1. The molecule has 28 heavy (non-hydrogen) atoms. The highest BCUT2D eigenvalue weighted by Gasteiger charge is 2.44. The Morgan fingerprint density at radius 3 is 2.36 bits per heavy atom. The van der Waals surface area contributed by atoms with Gasteiger partial charge in [0.2, 0.25) is 0 Å². The maximum atomic E-state index is 13.2. The first-order valence-electron chi connectivity index (χ1n) is 9.52. The highest BCUT2D eigenvalue weighted by molar-refractivity contribution is 5.79. The third-order valence-electron chi connectivity index (χ3n) is 5.28. The minimum absolute atomic E-state index is 0.0919. The molecule has 2 aromatic rings. The summed E-state index contributed by atoms with van der Waals surface area (Å²) in [5.74, 6) is 2.04. The van der Waals surface area contributed by atoms with Gasteiger partial charge in [-0.15, -0.1) is 0 Å². The average Bonchev–Trinajstić information content (AvgIpc) is 3.51. The van der Waals surface area contributed by atoms with Crippen LogP contribution >= 0.6 is 0 Å². The SMILES string of the molecule is CN=C(NCCc1ccc(OC)c(OC)c1)NCC1(c2ccc(F)cc2)CC1. The molecule has 0 atom stereocenters. The van der Waals surface area contributed by atoms with Crippen LogP contribution in [0.5, 0.6) is 11.5 Å². The second-order valence-corrected chi connectivity index (χ2v) is 7.08. The van der Waals surface area contributed by atoms with Crippen LogP contribution in [0, 0.1) is 5.82 Å². The first-order valence-corrected chi connectivity index (χ1v) is 9.52. The van der Waals surface area contributed by atoms with Gasteiger partial charge >= 0.3 is 0 Å². The van der Waals surface area contributed by atoms with Crippen molar-refractivity contribution in [1.82, 2.24) is 10.6 Å². The Balaban J connectivity index is 1.50. The summed E-state index contributed by atoms with van der Waals surface area (Å²) in [6.45, 7) is 1.54. The van der Waals surface area contributed by atoms with Gasteiger partial charge in [0.15, 0.2) is 17.5 Å². The van der Waals surface area contributed by atoms with E-state index >= 15 is 0 Å². The number of halogens is 1. The van der Waals surface area contributed by atoms with Crippen molar-refractivity contribution in [3.63, 3.8) is 0 Å². The lowest BCUT2D eigenvalue weighted by atomic mass is 9.96. The van der Waals surface area contributed by atoms with Crippen molar-refractivity contribution >= 4 is 5.96 Å². The Hall–Kier alpha value is -2.76. The molecule has 0 aromatic heterocycles. The lowest BCUT2D eigenvalue weighted by Crippen LogP contribution is -2.41. The molecule has 2 aromatic carbocycles. The first kappa shape index (κ1) is 20.0. The smallest absolute Gasteiger partial charge is 0.191 e. The van der Waals surface area contributed by atoms with Crippen molar-refractivity contribution in [3.05, 3.63) is 59.4 Å². The van der Waals surface area contributed by atoms with Gasteiger partial charge in [-0.2, -0.15) is 0 Å². The van der Waals surface area contributed by atoms with Gasteiger partial charge in [-0.25, -0.2) is 4.39 Å². The molecule has 0 spiro atoms. The summed E-state index contributed by atoms with van der Waals surface area (Å²) in [6, 6.07) is 12.8. The van der Waals surface area contributed by atoms with Crippen LogP contribution in [0.25, 0.3) is 0 Å². The fourth-order valence-corrected chi connectivity index (χ4v) is 3.36. The van der Waals surface area contributed by atoms with Gasteiger partial charge in [0.25, 0.3) is 0 Å². The molecule has 1 fully saturated rings. The molecule has 0 radical (unpaired) electrons. The van der Waals surface area contributed by atoms with Crippen molar-refractivity contribution < 1.29 is 13.9 Å². The van der Waals surface area contributed by atoms with E-state index in [0.717, 1.165) is 55.4 Å². The van der Waals surface area contributed by atoms with Crippen molar-refractivity contribution in [3.8, 4) is 11.5 Å². The molecule has 1 saturated carbocycles. The maximum absolute atomic E-state index is 13.2. The molecule has 3 rings (SSSR count). The zero-order valence-electron chi connectivity index (χ0n) is 16.7. The molecular formula is C22H28FN3O2. The third-order valence-corrected chi connectivity index (χ3v) is 5.28. The third kappa shape index (κ3) is 4.74. The molecule has 0 bridgehead atoms. The minimum Gasteiger partial charge on any atom is -0.493 e. The van der Waals surface area contributed by atoms with Crippen LogP contribution in [0.3, 0.4) is 0 Å². The molecule has 0 aliphatic heterocycles. The van der Waals surface area contributed by atoms with E-state index in [1.54, 1.807) is 21.3 Å². The van der Waals surface area contributed by atoms with E-state index in [1.165, 1.54) is 17.7 Å².